The zero-order chi connectivity index (χ0) is 14.6. The largest absolute Gasteiger partial charge is 0.374 e. The molecule has 0 aromatic rings. The van der Waals surface area contributed by atoms with E-state index >= 15 is 0 Å². The average molecular weight is 290 g/mol. The first-order chi connectivity index (χ1) is 8.90. The molecule has 0 aliphatic carbocycles. The normalized spacial score (nSPS) is 31.5. The number of ether oxygens (including phenoxy) is 1. The van der Waals surface area contributed by atoms with E-state index in [1.165, 1.54) is 0 Å². The van der Waals surface area contributed by atoms with Crippen LogP contribution in [0.1, 0.15) is 47.5 Å². The summed E-state index contributed by atoms with van der Waals surface area (Å²) in [6, 6.07) is 0. The van der Waals surface area contributed by atoms with Crippen molar-refractivity contribution in [3.8, 4) is 0 Å². The van der Waals surface area contributed by atoms with Gasteiger partial charge in [-0.3, -0.25) is 4.79 Å². The summed E-state index contributed by atoms with van der Waals surface area (Å²) < 4.78 is 5.73. The van der Waals surface area contributed by atoms with Gasteiger partial charge in [-0.15, -0.1) is 11.6 Å². The Bertz CT molecular complexity index is 296. The first-order valence-corrected chi connectivity index (χ1v) is 7.93. The van der Waals surface area contributed by atoms with Crippen LogP contribution in [0.3, 0.4) is 0 Å². The van der Waals surface area contributed by atoms with Gasteiger partial charge in [0.1, 0.15) is 0 Å². The van der Waals surface area contributed by atoms with E-state index in [1.807, 2.05) is 13.8 Å². The van der Waals surface area contributed by atoms with Crippen molar-refractivity contribution in [1.29, 1.82) is 0 Å². The molecule has 1 aliphatic rings. The van der Waals surface area contributed by atoms with E-state index in [0.717, 1.165) is 12.8 Å². The summed E-state index contributed by atoms with van der Waals surface area (Å²) in [5.41, 5.74) is 0.0226. The van der Waals surface area contributed by atoms with Crippen LogP contribution in [0.4, 0.5) is 0 Å². The van der Waals surface area contributed by atoms with E-state index in [9.17, 15) is 4.79 Å². The predicted octanol–water partition coefficient (Wildman–Crippen LogP) is 3.21. The third kappa shape index (κ3) is 3.63. The minimum atomic E-state index is -0.0447. The molecule has 1 N–H and O–H groups in total. The molecule has 1 saturated heterocycles. The Morgan fingerprint density at radius 2 is 1.79 bits per heavy atom. The maximum absolute atomic E-state index is 12.4. The predicted molar refractivity (Wildman–Crippen MR) is 79.4 cm³/mol. The fraction of sp³-hybridized carbons (Fsp3) is 0.933. The molecular weight excluding hydrogens is 262 g/mol. The van der Waals surface area contributed by atoms with Crippen molar-refractivity contribution in [2.45, 2.75) is 59.7 Å². The second-order valence-electron chi connectivity index (χ2n) is 5.99. The second-order valence-corrected chi connectivity index (χ2v) is 6.26. The molecule has 0 radical (unpaired) electrons. The van der Waals surface area contributed by atoms with Crippen molar-refractivity contribution in [1.82, 2.24) is 5.32 Å². The maximum Gasteiger partial charge on any atom is 0.226 e. The van der Waals surface area contributed by atoms with Gasteiger partial charge in [0.15, 0.2) is 0 Å². The number of halogens is 1. The lowest BCUT2D eigenvalue weighted by atomic mass is 9.83. The van der Waals surface area contributed by atoms with Crippen molar-refractivity contribution in [2.24, 2.45) is 17.3 Å². The van der Waals surface area contributed by atoms with Crippen LogP contribution >= 0.6 is 11.6 Å². The van der Waals surface area contributed by atoms with E-state index in [4.69, 9.17) is 16.3 Å². The Balaban J connectivity index is 2.60. The van der Waals surface area contributed by atoms with Gasteiger partial charge in [0.25, 0.3) is 0 Å². The van der Waals surface area contributed by atoms with Crippen molar-refractivity contribution < 1.29 is 9.53 Å². The van der Waals surface area contributed by atoms with Gasteiger partial charge in [-0.25, -0.2) is 0 Å². The summed E-state index contributed by atoms with van der Waals surface area (Å²) in [4.78, 5) is 12.4. The van der Waals surface area contributed by atoms with Gasteiger partial charge in [-0.1, -0.05) is 20.8 Å². The molecular formula is C15H28ClNO2. The summed E-state index contributed by atoms with van der Waals surface area (Å²) in [6.45, 7) is 11.0. The molecule has 4 heteroatoms. The highest BCUT2D eigenvalue weighted by Crippen LogP contribution is 2.33. The third-order valence-electron chi connectivity index (χ3n) is 4.97. The highest BCUT2D eigenvalue weighted by Gasteiger charge is 2.41. The molecule has 3 nitrogen and oxygen atoms in total. The number of amides is 1. The summed E-state index contributed by atoms with van der Waals surface area (Å²) in [7, 11) is 0. The maximum atomic E-state index is 12.4. The Morgan fingerprint density at radius 3 is 2.16 bits per heavy atom. The molecule has 4 unspecified atom stereocenters. The van der Waals surface area contributed by atoms with Crippen LogP contribution in [0, 0.1) is 17.3 Å². The molecule has 19 heavy (non-hydrogen) atoms. The molecule has 0 bridgehead atoms. The lowest BCUT2D eigenvalue weighted by Crippen LogP contribution is -2.43. The molecule has 1 fully saturated rings. The lowest BCUT2D eigenvalue weighted by Gasteiger charge is -2.30. The van der Waals surface area contributed by atoms with Gasteiger partial charge < -0.3 is 10.1 Å². The fourth-order valence-corrected chi connectivity index (χ4v) is 3.32. The number of alkyl halides is 1. The monoisotopic (exact) mass is 289 g/mol. The smallest absolute Gasteiger partial charge is 0.226 e. The zero-order valence-corrected chi connectivity index (χ0v) is 13.6. The number of nitrogens with one attached hydrogen (secondary N) is 1. The fourth-order valence-electron chi connectivity index (χ4n) is 2.85. The van der Waals surface area contributed by atoms with Gasteiger partial charge in [0.2, 0.25) is 5.91 Å². The van der Waals surface area contributed by atoms with Crippen LogP contribution in [0.5, 0.6) is 0 Å². The van der Waals surface area contributed by atoms with Crippen LogP contribution in [0.25, 0.3) is 0 Å². The molecule has 1 aliphatic heterocycles. The molecule has 1 heterocycles. The Morgan fingerprint density at radius 1 is 1.21 bits per heavy atom. The van der Waals surface area contributed by atoms with Gasteiger partial charge in [0, 0.05) is 17.8 Å². The quantitative estimate of drug-likeness (QED) is 0.763. The molecule has 112 valence electrons. The summed E-state index contributed by atoms with van der Waals surface area (Å²) in [5.74, 6) is 0.921. The van der Waals surface area contributed by atoms with Gasteiger partial charge in [0.05, 0.1) is 18.1 Å². The van der Waals surface area contributed by atoms with E-state index in [2.05, 4.69) is 26.1 Å². The van der Waals surface area contributed by atoms with Gasteiger partial charge in [-0.05, 0) is 32.6 Å². The van der Waals surface area contributed by atoms with E-state index < -0.39 is 0 Å². The van der Waals surface area contributed by atoms with Gasteiger partial charge in [-0.2, -0.15) is 0 Å². The third-order valence-corrected chi connectivity index (χ3v) is 5.53. The Labute approximate surface area is 122 Å². The molecule has 1 amide bonds. The average Bonchev–Trinajstić information content (AvgIpc) is 2.65. The number of hydrogen-bond donors (Lipinski definition) is 1. The standard InChI is InChI=1S/C15H28ClNO2/c1-6-15(7-2,8-16)9-17-14(18)13-10(3)11(4)19-12(13)5/h10-13H,6-9H2,1-5H3,(H,17,18). The molecule has 0 aromatic heterocycles. The first-order valence-electron chi connectivity index (χ1n) is 7.40. The number of rotatable bonds is 6. The topological polar surface area (TPSA) is 38.3 Å². The van der Waals surface area contributed by atoms with Crippen molar-refractivity contribution in [3.05, 3.63) is 0 Å². The number of hydrogen-bond acceptors (Lipinski definition) is 2. The van der Waals surface area contributed by atoms with Crippen LogP contribution < -0.4 is 5.32 Å². The first kappa shape index (κ1) is 16.8. The molecule has 0 spiro atoms. The summed E-state index contributed by atoms with van der Waals surface area (Å²) >= 11 is 6.07. The van der Waals surface area contributed by atoms with E-state index in [1.54, 1.807) is 0 Å². The molecule has 1 rings (SSSR count). The number of carbonyl (C=O) groups is 1. The summed E-state index contributed by atoms with van der Waals surface area (Å²) in [5, 5.41) is 3.10. The van der Waals surface area contributed by atoms with E-state index in [0.29, 0.717) is 12.4 Å². The van der Waals surface area contributed by atoms with Gasteiger partial charge >= 0.3 is 0 Å². The van der Waals surface area contributed by atoms with Crippen LogP contribution in [0.15, 0.2) is 0 Å². The van der Waals surface area contributed by atoms with Crippen LogP contribution in [-0.4, -0.2) is 30.5 Å². The molecule has 0 saturated carbocycles. The number of carbonyl (C=O) groups excluding carboxylic acids is 1. The SMILES string of the molecule is CCC(CC)(CCl)CNC(=O)C1C(C)OC(C)C1C. The molecule has 4 atom stereocenters. The highest BCUT2D eigenvalue weighted by molar-refractivity contribution is 6.18. The highest BCUT2D eigenvalue weighted by atomic mass is 35.5. The Hall–Kier alpha value is -0.280. The van der Waals surface area contributed by atoms with Crippen molar-refractivity contribution in [3.63, 3.8) is 0 Å². The summed E-state index contributed by atoms with van der Waals surface area (Å²) in [6.07, 6.45) is 2.12. The minimum Gasteiger partial charge on any atom is -0.374 e. The molecule has 0 aromatic carbocycles. The van der Waals surface area contributed by atoms with Crippen LogP contribution in [0.2, 0.25) is 0 Å². The zero-order valence-electron chi connectivity index (χ0n) is 12.8. The Kier molecular flexibility index (Phi) is 6.13. The van der Waals surface area contributed by atoms with E-state index in [-0.39, 0.29) is 35.4 Å². The lowest BCUT2D eigenvalue weighted by molar-refractivity contribution is -0.127. The minimum absolute atomic E-state index is 0.00125. The van der Waals surface area contributed by atoms with Crippen molar-refractivity contribution >= 4 is 17.5 Å². The van der Waals surface area contributed by atoms with Crippen LogP contribution in [-0.2, 0) is 9.53 Å². The second kappa shape index (κ2) is 6.94. The van der Waals surface area contributed by atoms with Crippen molar-refractivity contribution in [2.75, 3.05) is 12.4 Å².